The first-order valence-electron chi connectivity index (χ1n) is 10.8. The van der Waals surface area contributed by atoms with E-state index in [9.17, 15) is 10.1 Å². The molecule has 2 saturated carbocycles. The van der Waals surface area contributed by atoms with Gasteiger partial charge in [-0.15, -0.1) is 0 Å². The van der Waals surface area contributed by atoms with Crippen LogP contribution in [0.1, 0.15) is 84.5 Å². The maximum absolute atomic E-state index is 13.3. The Bertz CT molecular complexity index is 686. The molecular weight excluding hydrogens is 332 g/mol. The highest BCUT2D eigenvalue weighted by Crippen LogP contribution is 2.38. The van der Waals surface area contributed by atoms with Gasteiger partial charge in [-0.05, 0) is 63.7 Å². The molecule has 1 amide bonds. The lowest BCUT2D eigenvalue weighted by Gasteiger charge is -2.32. The molecule has 0 aromatic rings. The van der Waals surface area contributed by atoms with Crippen molar-refractivity contribution in [3.8, 4) is 6.07 Å². The van der Waals surface area contributed by atoms with Crippen molar-refractivity contribution >= 4 is 5.91 Å². The molecule has 146 valence electrons. The molecule has 0 saturated heterocycles. The molecule has 1 unspecified atom stereocenters. The summed E-state index contributed by atoms with van der Waals surface area (Å²) >= 11 is 0. The lowest BCUT2D eigenvalue weighted by molar-refractivity contribution is -0.127. The Morgan fingerprint density at radius 1 is 1.15 bits per heavy atom. The van der Waals surface area contributed by atoms with E-state index in [1.54, 1.807) is 5.57 Å². The molecule has 3 aliphatic rings. The van der Waals surface area contributed by atoms with E-state index < -0.39 is 0 Å². The summed E-state index contributed by atoms with van der Waals surface area (Å²) in [7, 11) is 0. The molecule has 1 heterocycles. The highest BCUT2D eigenvalue weighted by atomic mass is 16.2. The maximum Gasteiger partial charge on any atom is 0.264 e. The second-order valence-corrected chi connectivity index (χ2v) is 8.95. The number of nitriles is 1. The average Bonchev–Trinajstić information content (AvgIpc) is 2.90. The normalized spacial score (nSPS) is 30.3. The van der Waals surface area contributed by atoms with Crippen molar-refractivity contribution in [2.24, 2.45) is 5.41 Å². The predicted octanol–water partition coefficient (Wildman–Crippen LogP) is 5.84. The lowest BCUT2D eigenvalue weighted by Crippen LogP contribution is -2.39. The van der Waals surface area contributed by atoms with Crippen LogP contribution in [0.5, 0.6) is 0 Å². The molecule has 0 aromatic heterocycles. The van der Waals surface area contributed by atoms with E-state index in [4.69, 9.17) is 0 Å². The van der Waals surface area contributed by atoms with E-state index in [0.29, 0.717) is 12.1 Å². The number of amides is 1. The van der Waals surface area contributed by atoms with E-state index in [-0.39, 0.29) is 17.4 Å². The highest BCUT2D eigenvalue weighted by molar-refractivity contribution is 5.97. The Hall–Kier alpha value is -1.82. The van der Waals surface area contributed by atoms with Crippen LogP contribution < -0.4 is 0 Å². The van der Waals surface area contributed by atoms with Gasteiger partial charge in [0.25, 0.3) is 5.91 Å². The second kappa shape index (κ2) is 8.91. The molecule has 3 rings (SSSR count). The van der Waals surface area contributed by atoms with Crippen molar-refractivity contribution in [2.75, 3.05) is 6.54 Å². The van der Waals surface area contributed by atoms with Gasteiger partial charge in [-0.1, -0.05) is 55.6 Å². The van der Waals surface area contributed by atoms with Gasteiger partial charge in [0.15, 0.2) is 0 Å². The average molecular weight is 367 g/mol. The van der Waals surface area contributed by atoms with Crippen molar-refractivity contribution in [1.82, 2.24) is 4.90 Å². The minimum absolute atomic E-state index is 0.00366. The molecule has 2 fully saturated rings. The molecular formula is C24H34N2O. The Balaban J connectivity index is 1.84. The van der Waals surface area contributed by atoms with Crippen molar-refractivity contribution in [3.05, 3.63) is 34.9 Å². The second-order valence-electron chi connectivity index (χ2n) is 8.95. The fourth-order valence-electron chi connectivity index (χ4n) is 4.96. The Morgan fingerprint density at radius 2 is 1.85 bits per heavy atom. The minimum atomic E-state index is -0.0813. The third kappa shape index (κ3) is 5.12. The lowest BCUT2D eigenvalue weighted by atomic mass is 9.74. The first-order valence-corrected chi connectivity index (χ1v) is 10.8. The molecule has 1 aliphatic heterocycles. The molecule has 0 N–H and O–H groups in total. The van der Waals surface area contributed by atoms with E-state index in [0.717, 1.165) is 32.1 Å². The third-order valence-corrected chi connectivity index (χ3v) is 6.63. The Labute approximate surface area is 164 Å². The summed E-state index contributed by atoms with van der Waals surface area (Å²) < 4.78 is 0. The SMILES string of the molecule is CC1/C=C2\CCC/C(=C\CCN1C(=O)/C(C#N)=C\C1(C)CCCCC1)CC2. The van der Waals surface area contributed by atoms with Gasteiger partial charge in [0.1, 0.15) is 11.6 Å². The van der Waals surface area contributed by atoms with Crippen molar-refractivity contribution < 1.29 is 4.79 Å². The number of nitrogens with zero attached hydrogens (tertiary/aromatic N) is 2. The van der Waals surface area contributed by atoms with E-state index in [2.05, 4.69) is 32.1 Å². The van der Waals surface area contributed by atoms with Crippen LogP contribution in [-0.4, -0.2) is 23.4 Å². The largest absolute Gasteiger partial charge is 0.332 e. The summed E-state index contributed by atoms with van der Waals surface area (Å²) in [5, 5.41) is 9.74. The summed E-state index contributed by atoms with van der Waals surface area (Å²) in [6.07, 6.45) is 19.2. The van der Waals surface area contributed by atoms with Gasteiger partial charge in [0, 0.05) is 12.6 Å². The Kier molecular flexibility index (Phi) is 6.58. The van der Waals surface area contributed by atoms with Gasteiger partial charge < -0.3 is 4.90 Å². The van der Waals surface area contributed by atoms with Gasteiger partial charge in [0.2, 0.25) is 0 Å². The molecule has 0 radical (unpaired) electrons. The number of hydrogen-bond acceptors (Lipinski definition) is 2. The predicted molar refractivity (Wildman–Crippen MR) is 110 cm³/mol. The first kappa shape index (κ1) is 19.9. The minimum Gasteiger partial charge on any atom is -0.332 e. The van der Waals surface area contributed by atoms with Crippen molar-refractivity contribution in [1.29, 1.82) is 5.26 Å². The molecule has 27 heavy (non-hydrogen) atoms. The molecule has 1 atom stereocenters. The van der Waals surface area contributed by atoms with Crippen LogP contribution in [0.2, 0.25) is 0 Å². The number of hydrogen-bond donors (Lipinski definition) is 0. The van der Waals surface area contributed by atoms with Crippen molar-refractivity contribution in [3.63, 3.8) is 0 Å². The summed E-state index contributed by atoms with van der Waals surface area (Å²) in [6, 6.07) is 2.29. The standard InChI is InChI=1S/C24H34N2O/c1-19-16-21-9-6-8-20(11-12-21)10-7-15-26(19)23(27)22(18-25)17-24(2)13-4-3-5-14-24/h10,16-17,19H,3-9,11-15H2,1-2H3/b20-10+,21-16+,22-17-. The monoisotopic (exact) mass is 366 g/mol. The smallest absolute Gasteiger partial charge is 0.264 e. The van der Waals surface area contributed by atoms with Gasteiger partial charge in [0.05, 0.1) is 0 Å². The summed E-state index contributed by atoms with van der Waals surface area (Å²) in [5.74, 6) is -0.0813. The first-order chi connectivity index (χ1) is 13.0. The molecule has 3 nitrogen and oxygen atoms in total. The number of fused-ring (bicyclic) bond motifs is 3. The van der Waals surface area contributed by atoms with Gasteiger partial charge in [-0.25, -0.2) is 0 Å². The number of rotatable bonds is 2. The molecule has 0 spiro atoms. The van der Waals surface area contributed by atoms with Crippen molar-refractivity contribution in [2.45, 2.75) is 90.5 Å². The van der Waals surface area contributed by atoms with Crippen LogP contribution in [0.4, 0.5) is 0 Å². The van der Waals surface area contributed by atoms with Crippen LogP contribution in [-0.2, 0) is 4.79 Å². The molecule has 3 heteroatoms. The number of carbonyl (C=O) groups excluding carboxylic acids is 1. The fourth-order valence-corrected chi connectivity index (χ4v) is 4.96. The quantitative estimate of drug-likeness (QED) is 0.350. The van der Waals surface area contributed by atoms with Crippen LogP contribution in [0.25, 0.3) is 0 Å². The molecule has 2 bridgehead atoms. The highest BCUT2D eigenvalue weighted by Gasteiger charge is 2.29. The zero-order valence-electron chi connectivity index (χ0n) is 17.1. The van der Waals surface area contributed by atoms with Gasteiger partial charge in [-0.2, -0.15) is 5.26 Å². The Morgan fingerprint density at radius 3 is 2.59 bits per heavy atom. The zero-order valence-corrected chi connectivity index (χ0v) is 17.1. The fraction of sp³-hybridized carbons (Fsp3) is 0.667. The number of allylic oxidation sites excluding steroid dienone is 3. The van der Waals surface area contributed by atoms with Crippen LogP contribution in [0.15, 0.2) is 34.9 Å². The van der Waals surface area contributed by atoms with E-state index >= 15 is 0 Å². The summed E-state index contributed by atoms with van der Waals surface area (Å²) in [6.45, 7) is 5.01. The topological polar surface area (TPSA) is 44.1 Å². The summed E-state index contributed by atoms with van der Waals surface area (Å²) in [5.41, 5.74) is 3.37. The van der Waals surface area contributed by atoms with E-state index in [1.165, 1.54) is 44.1 Å². The number of carbonyl (C=O) groups is 1. The summed E-state index contributed by atoms with van der Waals surface area (Å²) in [4.78, 5) is 15.2. The van der Waals surface area contributed by atoms with Gasteiger partial charge in [-0.3, -0.25) is 4.79 Å². The van der Waals surface area contributed by atoms with Crippen LogP contribution >= 0.6 is 0 Å². The third-order valence-electron chi connectivity index (χ3n) is 6.63. The molecule has 2 aliphatic carbocycles. The maximum atomic E-state index is 13.3. The molecule has 0 aromatic carbocycles. The van der Waals surface area contributed by atoms with Crippen LogP contribution in [0, 0.1) is 16.7 Å². The van der Waals surface area contributed by atoms with E-state index in [1.807, 2.05) is 11.0 Å². The van der Waals surface area contributed by atoms with Crippen LogP contribution in [0.3, 0.4) is 0 Å². The zero-order chi connectivity index (χ0) is 19.3. The van der Waals surface area contributed by atoms with Gasteiger partial charge >= 0.3 is 0 Å².